The highest BCUT2D eigenvalue weighted by molar-refractivity contribution is 5.78. The molecule has 28 heavy (non-hydrogen) atoms. The lowest BCUT2D eigenvalue weighted by atomic mass is 9.95. The van der Waals surface area contributed by atoms with Gasteiger partial charge in [-0.15, -0.1) is 0 Å². The van der Waals surface area contributed by atoms with Crippen molar-refractivity contribution in [2.24, 2.45) is 10.3 Å². The third kappa shape index (κ3) is 6.11. The predicted molar refractivity (Wildman–Crippen MR) is 100 cm³/mol. The summed E-state index contributed by atoms with van der Waals surface area (Å²) >= 11 is 0. The van der Waals surface area contributed by atoms with E-state index in [1.54, 1.807) is 0 Å². The minimum absolute atomic E-state index is 0.246. The summed E-state index contributed by atoms with van der Waals surface area (Å²) in [6.07, 6.45) is 14.8. The normalized spacial score (nSPS) is 20.1. The zero-order valence-corrected chi connectivity index (χ0v) is 15.7. The average molecular weight is 386 g/mol. The smallest absolute Gasteiger partial charge is 0.252 e. The molecular weight excluding hydrogens is 360 g/mol. The highest BCUT2D eigenvalue weighted by Gasteiger charge is 2.23. The summed E-state index contributed by atoms with van der Waals surface area (Å²) in [6.45, 7) is 1.01. The first-order valence-electron chi connectivity index (χ1n) is 9.33. The van der Waals surface area contributed by atoms with Gasteiger partial charge < -0.3 is 19.9 Å². The van der Waals surface area contributed by atoms with Crippen molar-refractivity contribution in [3.05, 3.63) is 60.2 Å². The van der Waals surface area contributed by atoms with Crippen LogP contribution in [-0.2, 0) is 22.9 Å². The van der Waals surface area contributed by atoms with Gasteiger partial charge in [-0.1, -0.05) is 10.3 Å². The van der Waals surface area contributed by atoms with Crippen molar-refractivity contribution in [3.8, 4) is 0 Å². The molecule has 0 spiro atoms. The summed E-state index contributed by atoms with van der Waals surface area (Å²) in [5.41, 5.74) is 1.68. The Morgan fingerprint density at radius 2 is 1.11 bits per heavy atom. The van der Waals surface area contributed by atoms with Gasteiger partial charge >= 0.3 is 0 Å². The van der Waals surface area contributed by atoms with E-state index >= 15 is 0 Å². The molecule has 1 aliphatic carbocycles. The zero-order valence-electron chi connectivity index (χ0n) is 15.7. The molecule has 0 unspecified atom stereocenters. The van der Waals surface area contributed by atoms with E-state index < -0.39 is 0 Å². The second-order valence-corrected chi connectivity index (χ2v) is 6.77. The molecule has 2 aromatic rings. The second kappa shape index (κ2) is 10.5. The number of aromatic nitrogens is 2. The van der Waals surface area contributed by atoms with Gasteiger partial charge in [-0.2, -0.15) is 9.13 Å². The molecule has 1 fully saturated rings. The summed E-state index contributed by atoms with van der Waals surface area (Å²) in [7, 11) is 0. The molecular formula is C20H26N4O4+2. The Balaban J connectivity index is 1.36. The number of nitrogens with zero attached hydrogens (tertiary/aromatic N) is 4. The summed E-state index contributed by atoms with van der Waals surface area (Å²) in [5, 5.41) is 23.1. The molecule has 2 heterocycles. The Morgan fingerprint density at radius 1 is 0.750 bits per heavy atom. The van der Waals surface area contributed by atoms with Crippen molar-refractivity contribution in [1.82, 2.24) is 0 Å². The summed E-state index contributed by atoms with van der Waals surface area (Å²) in [5.74, 6) is 0. The molecule has 2 N–H and O–H groups in total. The summed E-state index contributed by atoms with van der Waals surface area (Å²) in [6, 6.07) is 7.48. The predicted octanol–water partition coefficient (Wildman–Crippen LogP) is 1.84. The SMILES string of the molecule is O/N=C\c1cc[n+](COC2CCC(OC[n+]3ccc(/C=N\O)cc3)CC2)cc1. The number of hydrogen-bond acceptors (Lipinski definition) is 6. The third-order valence-electron chi connectivity index (χ3n) is 4.79. The van der Waals surface area contributed by atoms with E-state index in [1.165, 1.54) is 12.4 Å². The molecule has 8 heteroatoms. The van der Waals surface area contributed by atoms with Crippen LogP contribution in [0.25, 0.3) is 0 Å². The van der Waals surface area contributed by atoms with Gasteiger partial charge in [-0.25, -0.2) is 0 Å². The molecule has 3 rings (SSSR count). The maximum Gasteiger partial charge on any atom is 0.252 e. The van der Waals surface area contributed by atoms with E-state index in [4.69, 9.17) is 19.9 Å². The first kappa shape index (κ1) is 19.9. The fourth-order valence-electron chi connectivity index (χ4n) is 3.16. The summed E-state index contributed by atoms with van der Waals surface area (Å²) in [4.78, 5) is 0. The van der Waals surface area contributed by atoms with Crippen molar-refractivity contribution in [2.75, 3.05) is 0 Å². The number of oxime groups is 2. The van der Waals surface area contributed by atoms with Crippen LogP contribution in [0.5, 0.6) is 0 Å². The fraction of sp³-hybridized carbons (Fsp3) is 0.400. The van der Waals surface area contributed by atoms with Crippen LogP contribution in [0.3, 0.4) is 0 Å². The van der Waals surface area contributed by atoms with Crippen molar-refractivity contribution in [1.29, 1.82) is 0 Å². The maximum atomic E-state index is 8.53. The van der Waals surface area contributed by atoms with E-state index in [1.807, 2.05) is 58.2 Å². The fourth-order valence-corrected chi connectivity index (χ4v) is 3.16. The Morgan fingerprint density at radius 3 is 1.43 bits per heavy atom. The molecule has 0 saturated heterocycles. The van der Waals surface area contributed by atoms with E-state index in [2.05, 4.69) is 10.3 Å². The largest absolute Gasteiger partial charge is 0.411 e. The Bertz CT molecular complexity index is 702. The molecule has 1 saturated carbocycles. The van der Waals surface area contributed by atoms with Gasteiger partial charge in [0.25, 0.3) is 13.5 Å². The molecule has 0 radical (unpaired) electrons. The van der Waals surface area contributed by atoms with Crippen LogP contribution in [0.15, 0.2) is 59.4 Å². The minimum Gasteiger partial charge on any atom is -0.411 e. The van der Waals surface area contributed by atoms with Gasteiger partial charge in [0.05, 0.1) is 24.6 Å². The van der Waals surface area contributed by atoms with Crippen LogP contribution in [-0.4, -0.2) is 35.1 Å². The van der Waals surface area contributed by atoms with Crippen LogP contribution in [0.4, 0.5) is 0 Å². The van der Waals surface area contributed by atoms with Crippen molar-refractivity contribution < 1.29 is 29.0 Å². The lowest BCUT2D eigenvalue weighted by molar-refractivity contribution is -0.736. The van der Waals surface area contributed by atoms with Crippen LogP contribution in [0.1, 0.15) is 36.8 Å². The molecule has 0 aromatic carbocycles. The van der Waals surface area contributed by atoms with Gasteiger partial charge in [0.2, 0.25) is 0 Å². The van der Waals surface area contributed by atoms with Gasteiger partial charge in [-0.3, -0.25) is 0 Å². The molecule has 0 amide bonds. The number of ether oxygens (including phenoxy) is 2. The van der Waals surface area contributed by atoms with E-state index in [0.29, 0.717) is 13.5 Å². The highest BCUT2D eigenvalue weighted by atomic mass is 16.5. The average Bonchev–Trinajstić information content (AvgIpc) is 2.74. The Labute approximate surface area is 164 Å². The summed E-state index contributed by atoms with van der Waals surface area (Å²) < 4.78 is 15.9. The lowest BCUT2D eigenvalue weighted by Gasteiger charge is -2.26. The van der Waals surface area contributed by atoms with Crippen molar-refractivity contribution in [2.45, 2.75) is 51.4 Å². The molecule has 8 nitrogen and oxygen atoms in total. The van der Waals surface area contributed by atoms with Gasteiger partial charge in [0.15, 0.2) is 24.8 Å². The second-order valence-electron chi connectivity index (χ2n) is 6.77. The standard InChI is InChI=1S/C20H24N4O4/c25-21-13-17-5-9-23(10-6-17)15-27-19-1-2-20(4-3-19)28-16-24-11-7-18(8-12-24)14-22-26/h5-14,19-20H,1-4,15-16H2/p+2. The molecule has 0 bridgehead atoms. The van der Waals surface area contributed by atoms with Gasteiger partial charge in [-0.05, 0) is 25.7 Å². The minimum atomic E-state index is 0.246. The van der Waals surface area contributed by atoms with Gasteiger partial charge in [0.1, 0.15) is 0 Å². The van der Waals surface area contributed by atoms with Crippen LogP contribution >= 0.6 is 0 Å². The monoisotopic (exact) mass is 386 g/mol. The van der Waals surface area contributed by atoms with E-state index in [9.17, 15) is 0 Å². The lowest BCUT2D eigenvalue weighted by Crippen LogP contribution is -2.39. The van der Waals surface area contributed by atoms with Crippen molar-refractivity contribution >= 4 is 12.4 Å². The Kier molecular flexibility index (Phi) is 7.45. The molecule has 0 aliphatic heterocycles. The highest BCUT2D eigenvalue weighted by Crippen LogP contribution is 2.23. The van der Waals surface area contributed by atoms with Crippen LogP contribution in [0.2, 0.25) is 0 Å². The quantitative estimate of drug-likeness (QED) is 0.313. The number of pyridine rings is 2. The molecule has 0 atom stereocenters. The van der Waals surface area contributed by atoms with E-state index in [-0.39, 0.29) is 12.2 Å². The van der Waals surface area contributed by atoms with Crippen LogP contribution < -0.4 is 9.13 Å². The topological polar surface area (TPSA) is 91.4 Å². The third-order valence-corrected chi connectivity index (χ3v) is 4.79. The Hall–Kier alpha value is -2.84. The number of hydrogen-bond donors (Lipinski definition) is 2. The van der Waals surface area contributed by atoms with E-state index in [0.717, 1.165) is 36.8 Å². The van der Waals surface area contributed by atoms with Crippen molar-refractivity contribution in [3.63, 3.8) is 0 Å². The number of rotatable bonds is 8. The molecule has 2 aromatic heterocycles. The first-order chi connectivity index (χ1) is 13.8. The molecule has 1 aliphatic rings. The molecule has 148 valence electrons. The first-order valence-corrected chi connectivity index (χ1v) is 9.33. The zero-order chi connectivity index (χ0) is 19.6. The van der Waals surface area contributed by atoms with Crippen LogP contribution in [0, 0.1) is 0 Å². The maximum absolute atomic E-state index is 8.53. The van der Waals surface area contributed by atoms with Gasteiger partial charge in [0, 0.05) is 35.4 Å².